The summed E-state index contributed by atoms with van der Waals surface area (Å²) in [5.74, 6) is 0.178. The van der Waals surface area contributed by atoms with E-state index in [9.17, 15) is 4.79 Å². The van der Waals surface area contributed by atoms with Gasteiger partial charge in [-0.15, -0.1) is 0 Å². The van der Waals surface area contributed by atoms with E-state index in [1.54, 1.807) is 6.92 Å². The number of fused-ring (bicyclic) bond motifs is 1. The molecule has 5 heteroatoms. The Kier molecular flexibility index (Phi) is 2.90. The quantitative estimate of drug-likeness (QED) is 0.648. The molecule has 1 amide bonds. The molecule has 0 radical (unpaired) electrons. The molecule has 0 saturated heterocycles. The van der Waals surface area contributed by atoms with Gasteiger partial charge in [-0.3, -0.25) is 0 Å². The maximum absolute atomic E-state index is 11.3. The van der Waals surface area contributed by atoms with Crippen LogP contribution in [0.3, 0.4) is 0 Å². The normalized spacial score (nSPS) is 15.8. The zero-order valence-electron chi connectivity index (χ0n) is 8.21. The first-order valence-corrected chi connectivity index (χ1v) is 7.62. The van der Waals surface area contributed by atoms with Crippen LogP contribution in [0.5, 0.6) is 0 Å². The Hall–Kier alpha value is -1.11. The molecule has 1 aromatic rings. The molecule has 0 saturated carbocycles. The van der Waals surface area contributed by atoms with Gasteiger partial charge in [-0.05, 0) is 0 Å². The molecule has 0 aromatic heterocycles. The molecule has 1 heterocycles. The van der Waals surface area contributed by atoms with Crippen molar-refractivity contribution in [2.45, 2.75) is 13.3 Å². The predicted octanol–water partition coefficient (Wildman–Crippen LogP) is 2.07. The third kappa shape index (κ3) is 1.97. The molecule has 1 aromatic carbocycles. The fourth-order valence-electron chi connectivity index (χ4n) is 1.19. The molecule has 2 N–H and O–H groups in total. The summed E-state index contributed by atoms with van der Waals surface area (Å²) in [6.45, 7) is 1.80. The summed E-state index contributed by atoms with van der Waals surface area (Å²) in [5.41, 5.74) is 0.819. The van der Waals surface area contributed by atoms with Crippen LogP contribution in [0.25, 0.3) is 0 Å². The number of hydrogen-bond acceptors (Lipinski definition) is 3. The van der Waals surface area contributed by atoms with E-state index in [1.165, 1.54) is 0 Å². The monoisotopic (exact) mass is 318 g/mol. The van der Waals surface area contributed by atoms with Gasteiger partial charge >= 0.3 is 95.9 Å². The van der Waals surface area contributed by atoms with Crippen LogP contribution in [-0.4, -0.2) is 11.8 Å². The first-order chi connectivity index (χ1) is 7.22. The van der Waals surface area contributed by atoms with E-state index in [4.69, 9.17) is 8.48 Å². The number of amides is 1. The molecule has 0 bridgehead atoms. The van der Waals surface area contributed by atoms with Crippen LogP contribution in [0.2, 0.25) is 0 Å². The zero-order valence-corrected chi connectivity index (χ0v) is 10.4. The topological polar surface area (TPSA) is 62.2 Å². The Balaban J connectivity index is 2.25. The van der Waals surface area contributed by atoms with Crippen LogP contribution in [0.15, 0.2) is 24.3 Å². The summed E-state index contributed by atoms with van der Waals surface area (Å²) < 4.78 is 9.29. The van der Waals surface area contributed by atoms with Gasteiger partial charge < -0.3 is 0 Å². The Bertz CT molecular complexity index is 420. The van der Waals surface area contributed by atoms with Crippen LogP contribution in [0.4, 0.5) is 0 Å². The van der Waals surface area contributed by atoms with Gasteiger partial charge in [-0.25, -0.2) is 0 Å². The fourth-order valence-corrected chi connectivity index (χ4v) is 4.92. The summed E-state index contributed by atoms with van der Waals surface area (Å²) in [7, 11) is 0. The van der Waals surface area contributed by atoms with Crippen LogP contribution in [0, 0.1) is 8.98 Å². The molecule has 0 spiro atoms. The van der Waals surface area contributed by atoms with E-state index in [1.807, 2.05) is 24.3 Å². The van der Waals surface area contributed by atoms with E-state index in [0.717, 1.165) is 9.13 Å². The first-order valence-electron chi connectivity index (χ1n) is 4.58. The van der Waals surface area contributed by atoms with Crippen molar-refractivity contribution in [2.24, 2.45) is 0 Å². The number of carbonyl (C=O) groups is 1. The second-order valence-electron chi connectivity index (χ2n) is 3.01. The Morgan fingerprint density at radius 2 is 2.27 bits per heavy atom. The zero-order chi connectivity index (χ0) is 10.8. The number of nitrogens with one attached hydrogen (secondary N) is 2. The molecule has 1 aliphatic rings. The molecule has 0 fully saturated rings. The van der Waals surface area contributed by atoms with Crippen molar-refractivity contribution >= 4 is 32.3 Å². The fraction of sp³-hybridized carbons (Fsp3) is 0.200. The van der Waals surface area contributed by atoms with Crippen LogP contribution in [-0.2, 0) is 7.86 Å². The van der Waals surface area contributed by atoms with E-state index in [-0.39, 0.29) is 11.8 Å². The Labute approximate surface area is 95.8 Å². The van der Waals surface area contributed by atoms with Crippen molar-refractivity contribution in [1.82, 2.24) is 3.53 Å². The van der Waals surface area contributed by atoms with E-state index in [0.29, 0.717) is 6.42 Å². The van der Waals surface area contributed by atoms with Crippen molar-refractivity contribution in [1.29, 1.82) is 5.41 Å². The van der Waals surface area contributed by atoms with Crippen molar-refractivity contribution in [3.05, 3.63) is 33.4 Å². The molecule has 0 atom stereocenters. The molecule has 0 unspecified atom stereocenters. The average Bonchev–Trinajstić information content (AvgIpc) is 2.57. The van der Waals surface area contributed by atoms with Crippen molar-refractivity contribution in [3.8, 4) is 0 Å². The van der Waals surface area contributed by atoms with Crippen molar-refractivity contribution in [3.63, 3.8) is 0 Å². The molecule has 2 rings (SSSR count). The maximum atomic E-state index is 11.3. The van der Waals surface area contributed by atoms with E-state index in [2.05, 4.69) is 3.53 Å². The summed E-state index contributed by atoms with van der Waals surface area (Å²) in [6, 6.07) is 7.56. The standard InChI is InChI=1S/C10H11IN2O2/c1-2-9(14)13-11-8-6-4-3-5-7(8)10(12)15-11/h3-6,12H,2H2,1H3,(H,13,14). The number of hydrogen-bond donors (Lipinski definition) is 2. The van der Waals surface area contributed by atoms with Gasteiger partial charge in [0, 0.05) is 0 Å². The Morgan fingerprint density at radius 1 is 1.53 bits per heavy atom. The molecule has 1 aliphatic heterocycles. The number of rotatable bonds is 2. The molecular weight excluding hydrogens is 307 g/mol. The average molecular weight is 318 g/mol. The van der Waals surface area contributed by atoms with Crippen molar-refractivity contribution < 1.29 is 7.86 Å². The van der Waals surface area contributed by atoms with Crippen molar-refractivity contribution in [2.75, 3.05) is 0 Å². The second kappa shape index (κ2) is 4.18. The predicted molar refractivity (Wildman–Crippen MR) is 65.5 cm³/mol. The third-order valence-electron chi connectivity index (χ3n) is 1.97. The summed E-state index contributed by atoms with van der Waals surface area (Å²) >= 11 is -2.12. The SMILES string of the molecule is CCC(=O)NI1OC(=N)c2ccccc21. The van der Waals surface area contributed by atoms with Gasteiger partial charge in [0.15, 0.2) is 0 Å². The molecule has 0 aliphatic carbocycles. The van der Waals surface area contributed by atoms with Gasteiger partial charge in [0.05, 0.1) is 0 Å². The third-order valence-corrected chi connectivity index (χ3v) is 5.94. The van der Waals surface area contributed by atoms with Gasteiger partial charge in [0.2, 0.25) is 0 Å². The summed E-state index contributed by atoms with van der Waals surface area (Å²) in [6.07, 6.45) is 0.451. The molecule has 15 heavy (non-hydrogen) atoms. The van der Waals surface area contributed by atoms with Gasteiger partial charge in [-0.2, -0.15) is 0 Å². The van der Waals surface area contributed by atoms with Gasteiger partial charge in [0.1, 0.15) is 0 Å². The minimum absolute atomic E-state index is 0.00953. The van der Waals surface area contributed by atoms with E-state index >= 15 is 0 Å². The van der Waals surface area contributed by atoms with Crippen LogP contribution in [0.1, 0.15) is 18.9 Å². The first kappa shape index (κ1) is 10.4. The van der Waals surface area contributed by atoms with Gasteiger partial charge in [0.25, 0.3) is 0 Å². The van der Waals surface area contributed by atoms with Gasteiger partial charge in [-0.1, -0.05) is 0 Å². The molecule has 4 nitrogen and oxygen atoms in total. The van der Waals surface area contributed by atoms with E-state index < -0.39 is 20.5 Å². The Morgan fingerprint density at radius 3 is 3.00 bits per heavy atom. The second-order valence-corrected chi connectivity index (χ2v) is 6.57. The van der Waals surface area contributed by atoms with Crippen LogP contribution < -0.4 is 3.53 Å². The number of benzene rings is 1. The molecule has 80 valence electrons. The summed E-state index contributed by atoms with van der Waals surface area (Å²) in [5, 5.41) is 7.63. The van der Waals surface area contributed by atoms with Crippen LogP contribution >= 0.6 is 20.5 Å². The number of halogens is 1. The number of carbonyl (C=O) groups excluding carboxylic acids is 1. The summed E-state index contributed by atoms with van der Waals surface area (Å²) in [4.78, 5) is 11.3. The molecular formula is C10H11IN2O2. The minimum atomic E-state index is -2.12.